The molecule has 89 valence electrons. The largest absolute Gasteiger partial charge is 0.463 e. The van der Waals surface area contributed by atoms with Crippen molar-refractivity contribution in [2.75, 3.05) is 19.8 Å². The van der Waals surface area contributed by atoms with Gasteiger partial charge in [-0.2, -0.15) is 9.97 Å². The Morgan fingerprint density at radius 2 is 1.69 bits per heavy atom. The van der Waals surface area contributed by atoms with Crippen molar-refractivity contribution in [1.82, 2.24) is 9.97 Å². The van der Waals surface area contributed by atoms with Crippen LogP contribution in [0.3, 0.4) is 0 Å². The highest BCUT2D eigenvalue weighted by Crippen LogP contribution is 2.16. The highest BCUT2D eigenvalue weighted by molar-refractivity contribution is 5.09. The molecule has 0 fully saturated rings. The lowest BCUT2D eigenvalue weighted by molar-refractivity contribution is 0.0257. The van der Waals surface area contributed by atoms with Gasteiger partial charge >= 0.3 is 6.01 Å². The van der Waals surface area contributed by atoms with E-state index in [4.69, 9.17) is 14.9 Å². The third-order valence-electron chi connectivity index (χ3n) is 2.20. The van der Waals surface area contributed by atoms with Crippen molar-refractivity contribution < 1.29 is 14.9 Å². The fourth-order valence-corrected chi connectivity index (χ4v) is 1.07. The van der Waals surface area contributed by atoms with Crippen molar-refractivity contribution in [3.05, 3.63) is 17.5 Å². The van der Waals surface area contributed by atoms with Gasteiger partial charge in [-0.3, -0.25) is 0 Å². The number of aromatic nitrogens is 2. The van der Waals surface area contributed by atoms with E-state index in [1.54, 1.807) is 20.8 Å². The molecule has 0 bridgehead atoms. The second kappa shape index (κ2) is 5.23. The average Bonchev–Trinajstić information content (AvgIpc) is 2.25. The van der Waals surface area contributed by atoms with Crippen LogP contribution in [0.25, 0.3) is 0 Å². The minimum absolute atomic E-state index is 0.152. The van der Waals surface area contributed by atoms with Gasteiger partial charge in [0.1, 0.15) is 6.61 Å². The zero-order valence-corrected chi connectivity index (χ0v) is 9.82. The van der Waals surface area contributed by atoms with E-state index in [1.165, 1.54) is 0 Å². The number of nitrogens with zero attached hydrogens (tertiary/aromatic N) is 2. The molecular weight excluding hydrogens is 208 g/mol. The molecule has 2 N–H and O–H groups in total. The second-order valence-electron chi connectivity index (χ2n) is 4.22. The number of aryl methyl sites for hydroxylation is 2. The monoisotopic (exact) mass is 225 g/mol. The van der Waals surface area contributed by atoms with Crippen molar-refractivity contribution in [3.63, 3.8) is 0 Å². The molecule has 0 aliphatic rings. The van der Waals surface area contributed by atoms with Crippen LogP contribution in [-0.4, -0.2) is 40.0 Å². The Morgan fingerprint density at radius 3 is 2.12 bits per heavy atom. The molecule has 0 aromatic carbocycles. The van der Waals surface area contributed by atoms with Gasteiger partial charge in [0.15, 0.2) is 0 Å². The minimum atomic E-state index is -0.676. The van der Waals surface area contributed by atoms with E-state index in [1.807, 2.05) is 0 Å². The summed E-state index contributed by atoms with van der Waals surface area (Å²) in [4.78, 5) is 8.11. The number of rotatable bonds is 5. The number of hydrogen-bond acceptors (Lipinski definition) is 5. The molecule has 5 heteroatoms. The van der Waals surface area contributed by atoms with Crippen LogP contribution in [0, 0.1) is 25.3 Å². The standard InChI is InChI=1S/C11H17N2O3/c1-8-4-9(2)13-10(12-8)16-7-11(3,5-14)6-15/h14-15H,5-7H2,1-3H3. The molecule has 0 spiro atoms. The lowest BCUT2D eigenvalue weighted by Crippen LogP contribution is -2.33. The molecule has 5 nitrogen and oxygen atoms in total. The fraction of sp³-hybridized carbons (Fsp3) is 0.636. The van der Waals surface area contributed by atoms with Gasteiger partial charge in [0.2, 0.25) is 0 Å². The maximum absolute atomic E-state index is 9.09. The van der Waals surface area contributed by atoms with E-state index < -0.39 is 5.41 Å². The SMILES string of the molecule is Cc1[c]c(C)nc(OCC(C)(CO)CO)n1. The first kappa shape index (κ1) is 12.9. The van der Waals surface area contributed by atoms with Crippen molar-refractivity contribution in [2.45, 2.75) is 20.8 Å². The van der Waals surface area contributed by atoms with Crippen molar-refractivity contribution in [3.8, 4) is 6.01 Å². The molecule has 16 heavy (non-hydrogen) atoms. The molecule has 1 aromatic rings. The number of aliphatic hydroxyl groups excluding tert-OH is 2. The number of aliphatic hydroxyl groups is 2. The van der Waals surface area contributed by atoms with Crippen LogP contribution < -0.4 is 4.74 Å². The van der Waals surface area contributed by atoms with Gasteiger partial charge in [0, 0.05) is 11.5 Å². The highest BCUT2D eigenvalue weighted by atomic mass is 16.5. The summed E-state index contributed by atoms with van der Waals surface area (Å²) in [6.07, 6.45) is 0. The Balaban J connectivity index is 2.67. The maximum atomic E-state index is 9.09. The second-order valence-corrected chi connectivity index (χ2v) is 4.22. The van der Waals surface area contributed by atoms with E-state index >= 15 is 0 Å². The third-order valence-corrected chi connectivity index (χ3v) is 2.20. The quantitative estimate of drug-likeness (QED) is 0.752. The molecule has 0 aliphatic heterocycles. The first-order valence-electron chi connectivity index (χ1n) is 5.08. The third kappa shape index (κ3) is 3.43. The predicted octanol–water partition coefficient (Wildman–Crippen LogP) is 0.263. The normalized spacial score (nSPS) is 11.6. The van der Waals surface area contributed by atoms with Crippen LogP contribution in [0.2, 0.25) is 0 Å². The lowest BCUT2D eigenvalue weighted by atomic mass is 9.95. The van der Waals surface area contributed by atoms with Crippen molar-refractivity contribution in [1.29, 1.82) is 0 Å². The molecule has 0 amide bonds. The lowest BCUT2D eigenvalue weighted by Gasteiger charge is -2.23. The molecule has 0 unspecified atom stereocenters. The summed E-state index contributed by atoms with van der Waals surface area (Å²) in [5.74, 6) is 0. The molecule has 1 rings (SSSR count). The first-order valence-corrected chi connectivity index (χ1v) is 5.08. The van der Waals surface area contributed by atoms with Crippen molar-refractivity contribution in [2.24, 2.45) is 5.41 Å². The van der Waals surface area contributed by atoms with Gasteiger partial charge in [0.25, 0.3) is 0 Å². The molecule has 0 atom stereocenters. The number of hydrogen-bond donors (Lipinski definition) is 2. The Bertz CT molecular complexity index is 331. The van der Waals surface area contributed by atoms with Crippen molar-refractivity contribution >= 4 is 0 Å². The molecule has 0 aliphatic carbocycles. The summed E-state index contributed by atoms with van der Waals surface area (Å²) in [5, 5.41) is 18.2. The van der Waals surface area contributed by atoms with Gasteiger partial charge < -0.3 is 14.9 Å². The summed E-state index contributed by atoms with van der Waals surface area (Å²) in [5.41, 5.74) is 0.736. The topological polar surface area (TPSA) is 75.5 Å². The van der Waals surface area contributed by atoms with Gasteiger partial charge in [0.05, 0.1) is 24.6 Å². The highest BCUT2D eigenvalue weighted by Gasteiger charge is 2.24. The molecule has 0 saturated carbocycles. The summed E-state index contributed by atoms with van der Waals surface area (Å²) in [7, 11) is 0. The smallest absolute Gasteiger partial charge is 0.316 e. The zero-order valence-electron chi connectivity index (χ0n) is 9.82. The summed E-state index contributed by atoms with van der Waals surface area (Å²) in [6, 6.07) is 3.19. The fourth-order valence-electron chi connectivity index (χ4n) is 1.07. The van der Waals surface area contributed by atoms with Gasteiger partial charge in [-0.25, -0.2) is 0 Å². The first-order chi connectivity index (χ1) is 7.49. The average molecular weight is 225 g/mol. The molecule has 0 saturated heterocycles. The summed E-state index contributed by atoms with van der Waals surface area (Å²) >= 11 is 0. The predicted molar refractivity (Wildman–Crippen MR) is 58.1 cm³/mol. The summed E-state index contributed by atoms with van der Waals surface area (Å²) < 4.78 is 5.35. The van der Waals surface area contributed by atoms with Gasteiger partial charge in [-0.05, 0) is 13.8 Å². The minimum Gasteiger partial charge on any atom is -0.463 e. The molecule has 1 radical (unpaired) electrons. The Labute approximate surface area is 95.1 Å². The number of ether oxygens (including phenoxy) is 1. The maximum Gasteiger partial charge on any atom is 0.316 e. The zero-order chi connectivity index (χ0) is 12.2. The van der Waals surface area contributed by atoms with E-state index in [9.17, 15) is 0 Å². The molecular formula is C11H17N2O3. The van der Waals surface area contributed by atoms with E-state index in [-0.39, 0.29) is 25.8 Å². The Morgan fingerprint density at radius 1 is 1.19 bits per heavy atom. The Kier molecular flexibility index (Phi) is 4.20. The summed E-state index contributed by atoms with van der Waals surface area (Å²) in [6.45, 7) is 5.20. The van der Waals surface area contributed by atoms with Gasteiger partial charge in [-0.1, -0.05) is 6.92 Å². The van der Waals surface area contributed by atoms with Crippen LogP contribution in [0.1, 0.15) is 18.3 Å². The van der Waals surface area contributed by atoms with Crippen LogP contribution in [0.5, 0.6) is 6.01 Å². The molecule has 1 aromatic heterocycles. The molecule has 1 heterocycles. The Hall–Kier alpha value is -1.20. The van der Waals surface area contributed by atoms with Crippen LogP contribution in [0.4, 0.5) is 0 Å². The van der Waals surface area contributed by atoms with Crippen LogP contribution in [-0.2, 0) is 0 Å². The van der Waals surface area contributed by atoms with Crippen LogP contribution in [0.15, 0.2) is 0 Å². The van der Waals surface area contributed by atoms with E-state index in [2.05, 4.69) is 16.0 Å². The van der Waals surface area contributed by atoms with Gasteiger partial charge in [-0.15, -0.1) is 0 Å². The van der Waals surface area contributed by atoms with E-state index in [0.717, 1.165) is 0 Å². The van der Waals surface area contributed by atoms with Crippen LogP contribution >= 0.6 is 0 Å². The van der Waals surface area contributed by atoms with E-state index in [0.29, 0.717) is 11.4 Å².